The van der Waals surface area contributed by atoms with Gasteiger partial charge >= 0.3 is 0 Å². The number of anilines is 1. The average Bonchev–Trinajstić information content (AvgIpc) is 2.43. The smallest absolute Gasteiger partial charge is 0.232 e. The fourth-order valence-corrected chi connectivity index (χ4v) is 3.00. The Morgan fingerprint density at radius 3 is 2.36 bits per heavy atom. The lowest BCUT2D eigenvalue weighted by Crippen LogP contribution is -2.34. The van der Waals surface area contributed by atoms with Gasteiger partial charge in [0, 0.05) is 19.0 Å². The summed E-state index contributed by atoms with van der Waals surface area (Å²) in [6, 6.07) is 7.48. The Morgan fingerprint density at radius 1 is 1.27 bits per heavy atom. The van der Waals surface area contributed by atoms with Crippen molar-refractivity contribution < 1.29 is 13.2 Å². The number of nitrogens with one attached hydrogen (secondary N) is 1. The molecule has 22 heavy (non-hydrogen) atoms. The largest absolute Gasteiger partial charge is 0.354 e. The molecule has 0 saturated heterocycles. The van der Waals surface area contributed by atoms with Crippen LogP contribution in [0.5, 0.6) is 0 Å². The quantitative estimate of drug-likeness (QED) is 0.798. The van der Waals surface area contributed by atoms with Crippen LogP contribution in [0.3, 0.4) is 0 Å². The van der Waals surface area contributed by atoms with Gasteiger partial charge in [-0.2, -0.15) is 0 Å². The number of carbonyl (C=O) groups excluding carboxylic acids is 1. The van der Waals surface area contributed by atoms with E-state index in [0.29, 0.717) is 25.1 Å². The highest BCUT2D eigenvalue weighted by Crippen LogP contribution is 2.18. The van der Waals surface area contributed by atoms with Crippen LogP contribution in [-0.4, -0.2) is 33.2 Å². The summed E-state index contributed by atoms with van der Waals surface area (Å²) >= 11 is 0. The van der Waals surface area contributed by atoms with Crippen molar-refractivity contribution in [1.29, 1.82) is 0 Å². The van der Waals surface area contributed by atoms with Crippen LogP contribution in [0.15, 0.2) is 24.3 Å². The van der Waals surface area contributed by atoms with Crippen LogP contribution in [0, 0.1) is 6.92 Å². The van der Waals surface area contributed by atoms with Crippen LogP contribution in [0.2, 0.25) is 0 Å². The van der Waals surface area contributed by atoms with Gasteiger partial charge in [-0.1, -0.05) is 24.6 Å². The normalized spacial score (nSPS) is 12.7. The number of aryl methyl sites for hydroxylation is 1. The SMILES string of the molecule is CC[C@H](C)NC(=O)CCCN(c1ccc(C)cc1)S(C)(=O)=O. The molecule has 0 fully saturated rings. The molecule has 0 saturated carbocycles. The molecule has 0 aromatic heterocycles. The molecule has 1 aromatic carbocycles. The molecule has 0 spiro atoms. The zero-order valence-corrected chi connectivity index (χ0v) is 14.6. The van der Waals surface area contributed by atoms with E-state index in [1.807, 2.05) is 32.9 Å². The zero-order valence-electron chi connectivity index (χ0n) is 13.8. The van der Waals surface area contributed by atoms with Crippen molar-refractivity contribution in [1.82, 2.24) is 5.32 Å². The first-order valence-electron chi connectivity index (χ1n) is 7.57. The van der Waals surface area contributed by atoms with Gasteiger partial charge in [0.25, 0.3) is 0 Å². The molecule has 1 rings (SSSR count). The maximum absolute atomic E-state index is 11.9. The van der Waals surface area contributed by atoms with Crippen molar-refractivity contribution in [2.24, 2.45) is 0 Å². The van der Waals surface area contributed by atoms with Gasteiger partial charge in [0.15, 0.2) is 0 Å². The number of rotatable bonds is 8. The third-order valence-corrected chi connectivity index (χ3v) is 4.70. The summed E-state index contributed by atoms with van der Waals surface area (Å²) in [5, 5.41) is 2.88. The number of hydrogen-bond acceptors (Lipinski definition) is 3. The first-order valence-corrected chi connectivity index (χ1v) is 9.42. The van der Waals surface area contributed by atoms with Gasteiger partial charge in [0.1, 0.15) is 0 Å². The molecular weight excluding hydrogens is 300 g/mol. The van der Waals surface area contributed by atoms with E-state index < -0.39 is 10.0 Å². The summed E-state index contributed by atoms with van der Waals surface area (Å²) in [6.45, 7) is 6.21. The van der Waals surface area contributed by atoms with E-state index in [1.54, 1.807) is 12.1 Å². The Morgan fingerprint density at radius 2 is 1.86 bits per heavy atom. The van der Waals surface area contributed by atoms with Crippen molar-refractivity contribution in [2.45, 2.75) is 46.1 Å². The highest BCUT2D eigenvalue weighted by Gasteiger charge is 2.17. The minimum atomic E-state index is -3.35. The summed E-state index contributed by atoms with van der Waals surface area (Å²) in [7, 11) is -3.35. The third kappa shape index (κ3) is 6.05. The molecule has 1 atom stereocenters. The first-order chi connectivity index (χ1) is 10.2. The Balaban J connectivity index is 2.65. The third-order valence-electron chi connectivity index (χ3n) is 3.51. The zero-order chi connectivity index (χ0) is 16.8. The minimum Gasteiger partial charge on any atom is -0.354 e. The van der Waals surface area contributed by atoms with E-state index in [9.17, 15) is 13.2 Å². The number of hydrogen-bond donors (Lipinski definition) is 1. The highest BCUT2D eigenvalue weighted by molar-refractivity contribution is 7.92. The minimum absolute atomic E-state index is 0.0355. The second kappa shape index (κ2) is 8.17. The molecule has 0 aliphatic rings. The van der Waals surface area contributed by atoms with Gasteiger partial charge in [0.05, 0.1) is 11.9 Å². The van der Waals surface area contributed by atoms with E-state index in [4.69, 9.17) is 0 Å². The lowest BCUT2D eigenvalue weighted by atomic mass is 10.2. The van der Waals surface area contributed by atoms with Gasteiger partial charge in [-0.15, -0.1) is 0 Å². The van der Waals surface area contributed by atoms with E-state index >= 15 is 0 Å². The van der Waals surface area contributed by atoms with E-state index in [0.717, 1.165) is 12.0 Å². The Labute approximate surface area is 133 Å². The second-order valence-electron chi connectivity index (χ2n) is 5.65. The number of benzene rings is 1. The van der Waals surface area contributed by atoms with Crippen molar-refractivity contribution in [2.75, 3.05) is 17.1 Å². The predicted octanol–water partition coefficient (Wildman–Crippen LogP) is 2.46. The molecule has 124 valence electrons. The molecule has 1 amide bonds. The van der Waals surface area contributed by atoms with Crippen LogP contribution in [0.1, 0.15) is 38.7 Å². The van der Waals surface area contributed by atoms with E-state index in [2.05, 4.69) is 5.32 Å². The maximum Gasteiger partial charge on any atom is 0.232 e. The molecule has 0 heterocycles. The second-order valence-corrected chi connectivity index (χ2v) is 7.56. The molecule has 0 unspecified atom stereocenters. The summed E-state index contributed by atoms with van der Waals surface area (Å²) in [6.07, 6.45) is 2.88. The fraction of sp³-hybridized carbons (Fsp3) is 0.562. The highest BCUT2D eigenvalue weighted by atomic mass is 32.2. The lowest BCUT2D eigenvalue weighted by molar-refractivity contribution is -0.121. The first kappa shape index (κ1) is 18.5. The Kier molecular flexibility index (Phi) is 6.87. The van der Waals surface area contributed by atoms with Crippen molar-refractivity contribution in [3.05, 3.63) is 29.8 Å². The molecule has 1 aromatic rings. The predicted molar refractivity (Wildman–Crippen MR) is 90.5 cm³/mol. The van der Waals surface area contributed by atoms with Crippen LogP contribution in [-0.2, 0) is 14.8 Å². The molecular formula is C16H26N2O3S. The molecule has 1 N–H and O–H groups in total. The van der Waals surface area contributed by atoms with Crippen molar-refractivity contribution >= 4 is 21.6 Å². The van der Waals surface area contributed by atoms with Crippen LogP contribution < -0.4 is 9.62 Å². The van der Waals surface area contributed by atoms with Crippen molar-refractivity contribution in [3.63, 3.8) is 0 Å². The number of carbonyl (C=O) groups is 1. The molecule has 0 radical (unpaired) electrons. The fourth-order valence-electron chi connectivity index (χ4n) is 2.03. The van der Waals surface area contributed by atoms with Gasteiger partial charge in [-0.3, -0.25) is 9.10 Å². The molecule has 5 nitrogen and oxygen atoms in total. The van der Waals surface area contributed by atoms with Crippen LogP contribution in [0.4, 0.5) is 5.69 Å². The number of sulfonamides is 1. The lowest BCUT2D eigenvalue weighted by Gasteiger charge is -2.22. The topological polar surface area (TPSA) is 66.5 Å². The Hall–Kier alpha value is -1.56. The average molecular weight is 326 g/mol. The summed E-state index contributed by atoms with van der Waals surface area (Å²) in [4.78, 5) is 11.7. The van der Waals surface area contributed by atoms with Crippen LogP contribution >= 0.6 is 0 Å². The summed E-state index contributed by atoms with van der Waals surface area (Å²) in [5.41, 5.74) is 1.71. The van der Waals surface area contributed by atoms with E-state index in [1.165, 1.54) is 10.6 Å². The van der Waals surface area contributed by atoms with Gasteiger partial charge < -0.3 is 5.32 Å². The molecule has 0 bridgehead atoms. The molecule has 0 aliphatic heterocycles. The van der Waals surface area contributed by atoms with Gasteiger partial charge in [-0.05, 0) is 38.8 Å². The van der Waals surface area contributed by atoms with Gasteiger partial charge in [0.2, 0.25) is 15.9 Å². The monoisotopic (exact) mass is 326 g/mol. The number of amides is 1. The number of nitrogens with zero attached hydrogens (tertiary/aromatic N) is 1. The summed E-state index contributed by atoms with van der Waals surface area (Å²) in [5.74, 6) is -0.0355. The van der Waals surface area contributed by atoms with Crippen LogP contribution in [0.25, 0.3) is 0 Å². The van der Waals surface area contributed by atoms with Gasteiger partial charge in [-0.25, -0.2) is 8.42 Å². The maximum atomic E-state index is 11.9. The molecule has 0 aliphatic carbocycles. The van der Waals surface area contributed by atoms with E-state index in [-0.39, 0.29) is 11.9 Å². The molecule has 6 heteroatoms. The standard InChI is InChI=1S/C16H26N2O3S/c1-5-14(3)17-16(19)7-6-12-18(22(4,20)21)15-10-8-13(2)9-11-15/h8-11,14H,5-7,12H2,1-4H3,(H,17,19)/t14-/m0/s1. The summed E-state index contributed by atoms with van der Waals surface area (Å²) < 4.78 is 25.2. The Bertz CT molecular complexity index is 582. The van der Waals surface area contributed by atoms with Crippen molar-refractivity contribution in [3.8, 4) is 0 Å².